The van der Waals surface area contributed by atoms with Crippen molar-refractivity contribution in [3.63, 3.8) is 0 Å². The third-order valence-corrected chi connectivity index (χ3v) is 7.68. The first-order valence-electron chi connectivity index (χ1n) is 15.5. The number of unbranched alkanes of at least 4 members (excludes halogenated alkanes) is 21. The minimum Gasteiger partial charge on any atom is -0.359 e. The fourth-order valence-electron chi connectivity index (χ4n) is 5.34. The van der Waals surface area contributed by atoms with Gasteiger partial charge in [0.05, 0.1) is 0 Å². The summed E-state index contributed by atoms with van der Waals surface area (Å²) >= 11 is 0. The van der Waals surface area contributed by atoms with Crippen molar-refractivity contribution in [3.8, 4) is 0 Å². The molecule has 33 heavy (non-hydrogen) atoms. The molecule has 0 saturated carbocycles. The number of hydrogen-bond acceptors (Lipinski definition) is 2. The highest BCUT2D eigenvalue weighted by Gasteiger charge is 2.22. The van der Waals surface area contributed by atoms with E-state index in [1.807, 2.05) is 0 Å². The molecule has 0 saturated heterocycles. The molecule has 0 aromatic heterocycles. The molecule has 1 rings (SSSR count). The van der Waals surface area contributed by atoms with Gasteiger partial charge < -0.3 is 9.80 Å². The Labute approximate surface area is 210 Å². The highest BCUT2D eigenvalue weighted by molar-refractivity contribution is 4.95. The van der Waals surface area contributed by atoms with Gasteiger partial charge in [-0.25, -0.2) is 0 Å². The highest BCUT2D eigenvalue weighted by atomic mass is 15.4. The maximum absolute atomic E-state index is 2.61. The van der Waals surface area contributed by atoms with Crippen molar-refractivity contribution >= 4 is 0 Å². The van der Waals surface area contributed by atoms with Crippen LogP contribution in [0, 0.1) is 0 Å². The molecule has 1 aliphatic heterocycles. The molecule has 1 heterocycles. The summed E-state index contributed by atoms with van der Waals surface area (Å²) in [5, 5.41) is 0. The van der Waals surface area contributed by atoms with Crippen LogP contribution in [0.15, 0.2) is 12.4 Å². The van der Waals surface area contributed by atoms with Crippen LogP contribution in [-0.2, 0) is 0 Å². The van der Waals surface area contributed by atoms with Crippen LogP contribution < -0.4 is 0 Å². The molecule has 1 unspecified atom stereocenters. The predicted molar refractivity (Wildman–Crippen MR) is 150 cm³/mol. The monoisotopic (exact) mass is 462 g/mol. The molecule has 0 amide bonds. The normalized spacial score (nSPS) is 15.8. The largest absolute Gasteiger partial charge is 0.359 e. The molecular formula is C31H62N2. The summed E-state index contributed by atoms with van der Waals surface area (Å²) in [5.41, 5.74) is 0. The van der Waals surface area contributed by atoms with Crippen molar-refractivity contribution in [3.05, 3.63) is 12.4 Å². The smallest absolute Gasteiger partial charge is 0.100 e. The van der Waals surface area contributed by atoms with E-state index in [4.69, 9.17) is 0 Å². The van der Waals surface area contributed by atoms with Crippen molar-refractivity contribution < 1.29 is 0 Å². The van der Waals surface area contributed by atoms with E-state index in [9.17, 15) is 0 Å². The molecule has 0 spiro atoms. The lowest BCUT2D eigenvalue weighted by Crippen LogP contribution is -2.37. The zero-order valence-corrected chi connectivity index (χ0v) is 23.3. The quantitative estimate of drug-likeness (QED) is 0.124. The zero-order valence-electron chi connectivity index (χ0n) is 23.3. The predicted octanol–water partition coefficient (Wildman–Crippen LogP) is 10.4. The number of hydrogen-bond donors (Lipinski definition) is 0. The fourth-order valence-corrected chi connectivity index (χ4v) is 5.34. The van der Waals surface area contributed by atoms with Gasteiger partial charge in [-0.05, 0) is 19.3 Å². The van der Waals surface area contributed by atoms with Gasteiger partial charge in [0.1, 0.15) is 6.17 Å². The molecule has 0 bridgehead atoms. The van der Waals surface area contributed by atoms with Crippen LogP contribution in [0.5, 0.6) is 0 Å². The van der Waals surface area contributed by atoms with Gasteiger partial charge in [-0.1, -0.05) is 149 Å². The Morgan fingerprint density at radius 1 is 0.455 bits per heavy atom. The van der Waals surface area contributed by atoms with E-state index in [0.717, 1.165) is 0 Å². The van der Waals surface area contributed by atoms with Crippen LogP contribution in [0.1, 0.15) is 168 Å². The maximum Gasteiger partial charge on any atom is 0.100 e. The van der Waals surface area contributed by atoms with E-state index in [-0.39, 0.29) is 0 Å². The molecule has 0 aromatic rings. The number of rotatable bonds is 25. The maximum atomic E-state index is 2.61. The van der Waals surface area contributed by atoms with Crippen molar-refractivity contribution in [2.24, 2.45) is 0 Å². The summed E-state index contributed by atoms with van der Waals surface area (Å²) in [6.45, 7) is 5.86. The molecule has 0 fully saturated rings. The van der Waals surface area contributed by atoms with Gasteiger partial charge in [0.25, 0.3) is 0 Å². The Kier molecular flexibility index (Phi) is 21.3. The molecule has 2 nitrogen and oxygen atoms in total. The van der Waals surface area contributed by atoms with Gasteiger partial charge in [0.15, 0.2) is 0 Å². The minimum atomic E-state index is 0.622. The van der Waals surface area contributed by atoms with Gasteiger partial charge in [-0.3, -0.25) is 0 Å². The molecule has 196 valence electrons. The van der Waals surface area contributed by atoms with Crippen LogP contribution >= 0.6 is 0 Å². The third-order valence-electron chi connectivity index (χ3n) is 7.68. The molecule has 2 heteroatoms. The Morgan fingerprint density at radius 2 is 0.818 bits per heavy atom. The third kappa shape index (κ3) is 17.4. The topological polar surface area (TPSA) is 6.48 Å². The second-order valence-electron chi connectivity index (χ2n) is 10.9. The van der Waals surface area contributed by atoms with Crippen LogP contribution in [0.2, 0.25) is 0 Å². The summed E-state index contributed by atoms with van der Waals surface area (Å²) in [5.74, 6) is 0. The molecular weight excluding hydrogens is 400 g/mol. The van der Waals surface area contributed by atoms with Crippen molar-refractivity contribution in [1.82, 2.24) is 9.80 Å². The zero-order chi connectivity index (χ0) is 23.8. The Morgan fingerprint density at radius 3 is 1.24 bits per heavy atom. The van der Waals surface area contributed by atoms with E-state index in [0.29, 0.717) is 6.17 Å². The molecule has 0 N–H and O–H groups in total. The van der Waals surface area contributed by atoms with Crippen LogP contribution in [0.3, 0.4) is 0 Å². The summed E-state index contributed by atoms with van der Waals surface area (Å²) in [6.07, 6.45) is 39.7. The Hall–Kier alpha value is -0.660. The van der Waals surface area contributed by atoms with E-state index < -0.39 is 0 Å². The second-order valence-corrected chi connectivity index (χ2v) is 10.9. The minimum absolute atomic E-state index is 0.622. The lowest BCUT2D eigenvalue weighted by Gasteiger charge is -2.30. The van der Waals surface area contributed by atoms with Gasteiger partial charge in [-0.2, -0.15) is 0 Å². The SMILES string of the molecule is CCCCCCCCCCCCCCCCCN1C=CN(C)C1CCCCCCCCCC. The summed E-state index contributed by atoms with van der Waals surface area (Å²) < 4.78 is 0. The highest BCUT2D eigenvalue weighted by Crippen LogP contribution is 2.21. The Bertz CT molecular complexity index is 419. The van der Waals surface area contributed by atoms with E-state index in [1.165, 1.54) is 161 Å². The first-order chi connectivity index (χ1) is 16.3. The standard InChI is InChI=1S/C31H62N2/c1-4-6-8-10-12-14-15-16-17-18-19-20-22-24-26-28-33-30-29-32(3)31(33)27-25-23-21-13-11-9-7-5-2/h29-31H,4-28H2,1-3H3. The first kappa shape index (κ1) is 30.4. The van der Waals surface area contributed by atoms with Gasteiger partial charge in [-0.15, -0.1) is 0 Å². The lowest BCUT2D eigenvalue weighted by molar-refractivity contribution is 0.159. The van der Waals surface area contributed by atoms with E-state index in [2.05, 4.69) is 43.1 Å². The van der Waals surface area contributed by atoms with E-state index >= 15 is 0 Å². The average molecular weight is 463 g/mol. The summed E-state index contributed by atoms with van der Waals surface area (Å²) in [4.78, 5) is 5.05. The van der Waals surface area contributed by atoms with Gasteiger partial charge in [0.2, 0.25) is 0 Å². The lowest BCUT2D eigenvalue weighted by atomic mass is 10.0. The van der Waals surface area contributed by atoms with Gasteiger partial charge >= 0.3 is 0 Å². The molecule has 1 aliphatic rings. The summed E-state index contributed by atoms with van der Waals surface area (Å²) in [7, 11) is 2.26. The van der Waals surface area contributed by atoms with Crippen LogP contribution in [0.25, 0.3) is 0 Å². The molecule has 0 aliphatic carbocycles. The second kappa shape index (κ2) is 23.1. The molecule has 0 radical (unpaired) electrons. The molecule has 0 aromatic carbocycles. The van der Waals surface area contributed by atoms with Crippen molar-refractivity contribution in [2.75, 3.05) is 13.6 Å². The first-order valence-corrected chi connectivity index (χ1v) is 15.5. The van der Waals surface area contributed by atoms with E-state index in [1.54, 1.807) is 0 Å². The average Bonchev–Trinajstić information content (AvgIpc) is 3.17. The fraction of sp³-hybridized carbons (Fsp3) is 0.935. The van der Waals surface area contributed by atoms with Crippen LogP contribution in [-0.4, -0.2) is 29.6 Å². The summed E-state index contributed by atoms with van der Waals surface area (Å²) in [6, 6.07) is 0. The number of nitrogens with zero attached hydrogens (tertiary/aromatic N) is 2. The molecule has 1 atom stereocenters. The van der Waals surface area contributed by atoms with Crippen LogP contribution in [0.4, 0.5) is 0 Å². The van der Waals surface area contributed by atoms with Gasteiger partial charge in [0, 0.05) is 26.0 Å². The van der Waals surface area contributed by atoms with Crippen molar-refractivity contribution in [1.29, 1.82) is 0 Å². The Balaban J connectivity index is 1.89. The van der Waals surface area contributed by atoms with Crippen molar-refractivity contribution in [2.45, 2.75) is 174 Å².